The van der Waals surface area contributed by atoms with Crippen LogP contribution >= 0.6 is 0 Å². The van der Waals surface area contributed by atoms with E-state index in [9.17, 15) is 9.59 Å². The number of ether oxygens (including phenoxy) is 1. The Morgan fingerprint density at radius 2 is 2.12 bits per heavy atom. The van der Waals surface area contributed by atoms with Crippen molar-refractivity contribution in [1.29, 1.82) is 5.26 Å². The van der Waals surface area contributed by atoms with Crippen molar-refractivity contribution in [1.82, 2.24) is 5.32 Å². The molecule has 1 aliphatic rings. The SMILES string of the molecule is N#CC1(C(=O)NCC(O)C(N)=O)CCOCC1. The Bertz CT molecular complexity index is 344. The summed E-state index contributed by atoms with van der Waals surface area (Å²) in [6.45, 7) is 0.414. The third-order valence-corrected chi connectivity index (χ3v) is 2.78. The average Bonchev–Trinajstić information content (AvgIpc) is 2.36. The van der Waals surface area contributed by atoms with Gasteiger partial charge in [0.05, 0.1) is 12.6 Å². The highest BCUT2D eigenvalue weighted by molar-refractivity contribution is 5.86. The summed E-state index contributed by atoms with van der Waals surface area (Å²) in [5.41, 5.74) is 3.71. The molecule has 17 heavy (non-hydrogen) atoms. The first kappa shape index (κ1) is 13.4. The number of hydrogen-bond acceptors (Lipinski definition) is 5. The van der Waals surface area contributed by atoms with Crippen LogP contribution in [-0.2, 0) is 14.3 Å². The van der Waals surface area contributed by atoms with Crippen LogP contribution in [0.4, 0.5) is 0 Å². The van der Waals surface area contributed by atoms with Gasteiger partial charge in [0.1, 0.15) is 11.5 Å². The second kappa shape index (κ2) is 5.61. The Hall–Kier alpha value is -1.65. The van der Waals surface area contributed by atoms with Gasteiger partial charge >= 0.3 is 0 Å². The number of primary amides is 1. The molecule has 1 fully saturated rings. The second-order valence-electron chi connectivity index (χ2n) is 3.93. The molecule has 1 atom stereocenters. The van der Waals surface area contributed by atoms with Crippen molar-refractivity contribution in [3.63, 3.8) is 0 Å². The third-order valence-electron chi connectivity index (χ3n) is 2.78. The predicted octanol–water partition coefficient (Wildman–Crippen LogP) is -1.73. The summed E-state index contributed by atoms with van der Waals surface area (Å²) in [6.07, 6.45) is -0.821. The zero-order valence-corrected chi connectivity index (χ0v) is 9.31. The second-order valence-corrected chi connectivity index (χ2v) is 3.93. The lowest BCUT2D eigenvalue weighted by Crippen LogP contribution is -2.48. The summed E-state index contributed by atoms with van der Waals surface area (Å²) < 4.78 is 5.09. The third kappa shape index (κ3) is 3.15. The fourth-order valence-corrected chi connectivity index (χ4v) is 1.57. The first-order valence-electron chi connectivity index (χ1n) is 5.26. The van der Waals surface area contributed by atoms with Crippen molar-refractivity contribution >= 4 is 11.8 Å². The van der Waals surface area contributed by atoms with Crippen molar-refractivity contribution in [2.45, 2.75) is 18.9 Å². The molecule has 0 aliphatic carbocycles. The fourth-order valence-electron chi connectivity index (χ4n) is 1.57. The van der Waals surface area contributed by atoms with Gasteiger partial charge in [0, 0.05) is 13.2 Å². The molecule has 0 saturated carbocycles. The number of nitriles is 1. The van der Waals surface area contributed by atoms with Crippen LogP contribution in [-0.4, -0.2) is 42.8 Å². The summed E-state index contributed by atoms with van der Waals surface area (Å²) >= 11 is 0. The highest BCUT2D eigenvalue weighted by atomic mass is 16.5. The van der Waals surface area contributed by atoms with E-state index < -0.39 is 23.3 Å². The molecule has 0 spiro atoms. The van der Waals surface area contributed by atoms with E-state index in [1.54, 1.807) is 0 Å². The molecular weight excluding hydrogens is 226 g/mol. The Balaban J connectivity index is 2.56. The molecule has 0 aromatic rings. The average molecular weight is 241 g/mol. The monoisotopic (exact) mass is 241 g/mol. The molecule has 1 aliphatic heterocycles. The molecule has 0 aromatic heterocycles. The van der Waals surface area contributed by atoms with Crippen molar-refractivity contribution < 1.29 is 19.4 Å². The van der Waals surface area contributed by atoms with Crippen LogP contribution in [0.1, 0.15) is 12.8 Å². The Morgan fingerprint density at radius 3 is 2.59 bits per heavy atom. The van der Waals surface area contributed by atoms with Crippen LogP contribution in [0, 0.1) is 16.7 Å². The van der Waals surface area contributed by atoms with E-state index >= 15 is 0 Å². The maximum absolute atomic E-state index is 11.8. The lowest BCUT2D eigenvalue weighted by Gasteiger charge is -2.29. The zero-order chi connectivity index (χ0) is 12.9. The molecule has 94 valence electrons. The topological polar surface area (TPSA) is 125 Å². The van der Waals surface area contributed by atoms with E-state index in [-0.39, 0.29) is 6.54 Å². The van der Waals surface area contributed by atoms with Gasteiger partial charge in [-0.1, -0.05) is 0 Å². The molecule has 7 heteroatoms. The molecule has 1 unspecified atom stereocenters. The number of rotatable bonds is 4. The Morgan fingerprint density at radius 1 is 1.53 bits per heavy atom. The lowest BCUT2D eigenvalue weighted by molar-refractivity contribution is -0.133. The van der Waals surface area contributed by atoms with E-state index in [1.165, 1.54) is 0 Å². The Kier molecular flexibility index (Phi) is 4.43. The number of nitrogens with one attached hydrogen (secondary N) is 1. The van der Waals surface area contributed by atoms with Crippen LogP contribution < -0.4 is 11.1 Å². The normalized spacial score (nSPS) is 20.0. The lowest BCUT2D eigenvalue weighted by atomic mass is 9.81. The number of hydrogen-bond donors (Lipinski definition) is 3. The molecule has 1 saturated heterocycles. The summed E-state index contributed by atoms with van der Waals surface area (Å²) in [6, 6.07) is 1.98. The molecule has 0 bridgehead atoms. The molecule has 1 heterocycles. The molecule has 0 radical (unpaired) electrons. The number of nitrogens with zero attached hydrogens (tertiary/aromatic N) is 1. The van der Waals surface area contributed by atoms with Crippen LogP contribution in [0.5, 0.6) is 0 Å². The maximum Gasteiger partial charge on any atom is 0.248 e. The minimum atomic E-state index is -1.44. The minimum Gasteiger partial charge on any atom is -0.381 e. The predicted molar refractivity (Wildman–Crippen MR) is 56.3 cm³/mol. The van der Waals surface area contributed by atoms with Gasteiger partial charge in [0.15, 0.2) is 0 Å². The first-order chi connectivity index (χ1) is 8.02. The molecule has 7 nitrogen and oxygen atoms in total. The Labute approximate surface area is 98.5 Å². The summed E-state index contributed by atoms with van der Waals surface area (Å²) in [5, 5.41) is 20.6. The van der Waals surface area contributed by atoms with Crippen LogP contribution in [0.25, 0.3) is 0 Å². The number of nitrogens with two attached hydrogens (primary N) is 1. The number of carbonyl (C=O) groups excluding carboxylic acids is 2. The van der Waals surface area contributed by atoms with E-state index in [1.807, 2.05) is 6.07 Å². The smallest absolute Gasteiger partial charge is 0.248 e. The van der Waals surface area contributed by atoms with Gasteiger partial charge in [0.25, 0.3) is 0 Å². The highest BCUT2D eigenvalue weighted by Crippen LogP contribution is 2.29. The summed E-state index contributed by atoms with van der Waals surface area (Å²) in [7, 11) is 0. The van der Waals surface area contributed by atoms with E-state index in [0.717, 1.165) is 0 Å². The van der Waals surface area contributed by atoms with E-state index in [0.29, 0.717) is 26.1 Å². The van der Waals surface area contributed by atoms with Gasteiger partial charge in [-0.25, -0.2) is 0 Å². The number of amides is 2. The van der Waals surface area contributed by atoms with Crippen molar-refractivity contribution in [2.75, 3.05) is 19.8 Å². The molecule has 0 aromatic carbocycles. The quantitative estimate of drug-likeness (QED) is 0.539. The van der Waals surface area contributed by atoms with Gasteiger partial charge in [-0.15, -0.1) is 0 Å². The van der Waals surface area contributed by atoms with Gasteiger partial charge in [-0.05, 0) is 12.8 Å². The molecular formula is C10H15N3O4. The van der Waals surface area contributed by atoms with Crippen molar-refractivity contribution in [3.8, 4) is 6.07 Å². The number of aliphatic hydroxyl groups is 1. The fraction of sp³-hybridized carbons (Fsp3) is 0.700. The van der Waals surface area contributed by atoms with Crippen molar-refractivity contribution in [3.05, 3.63) is 0 Å². The maximum atomic E-state index is 11.8. The largest absolute Gasteiger partial charge is 0.381 e. The van der Waals surface area contributed by atoms with Crippen LogP contribution in [0.2, 0.25) is 0 Å². The minimum absolute atomic E-state index is 0.279. The summed E-state index contributed by atoms with van der Waals surface area (Å²) in [4.78, 5) is 22.4. The molecule has 2 amide bonds. The number of carbonyl (C=O) groups is 2. The van der Waals surface area contributed by atoms with Gasteiger partial charge in [-0.2, -0.15) is 5.26 Å². The van der Waals surface area contributed by atoms with Gasteiger partial charge in [0.2, 0.25) is 11.8 Å². The highest BCUT2D eigenvalue weighted by Gasteiger charge is 2.40. The zero-order valence-electron chi connectivity index (χ0n) is 9.31. The first-order valence-corrected chi connectivity index (χ1v) is 5.26. The van der Waals surface area contributed by atoms with E-state index in [2.05, 4.69) is 5.32 Å². The van der Waals surface area contributed by atoms with E-state index in [4.69, 9.17) is 20.8 Å². The van der Waals surface area contributed by atoms with Crippen molar-refractivity contribution in [2.24, 2.45) is 11.1 Å². The number of aliphatic hydroxyl groups excluding tert-OH is 1. The van der Waals surface area contributed by atoms with Crippen LogP contribution in [0.15, 0.2) is 0 Å². The van der Waals surface area contributed by atoms with Crippen LogP contribution in [0.3, 0.4) is 0 Å². The van der Waals surface area contributed by atoms with Gasteiger partial charge < -0.3 is 20.9 Å². The standard InChI is InChI=1S/C10H15N3O4/c11-6-10(1-3-17-4-2-10)9(16)13-5-7(14)8(12)15/h7,14H,1-5H2,(H2,12,15)(H,13,16). The summed E-state index contributed by atoms with van der Waals surface area (Å²) in [5.74, 6) is -1.41. The van der Waals surface area contributed by atoms with Gasteiger partial charge in [-0.3, -0.25) is 9.59 Å². The molecule has 1 rings (SSSR count). The molecule has 4 N–H and O–H groups in total.